The largest absolute Gasteiger partial charge is 0.384 e. The monoisotopic (exact) mass is 214 g/mol. The predicted octanol–water partition coefficient (Wildman–Crippen LogP) is 1.33. The maximum atomic E-state index is 11.9. The van der Waals surface area contributed by atoms with Gasteiger partial charge in [0.05, 0.1) is 12.0 Å². The topological polar surface area (TPSA) is 41.1 Å². The van der Waals surface area contributed by atoms with Crippen LogP contribution in [0.25, 0.3) is 0 Å². The molecule has 3 heteroatoms. The molecule has 1 aliphatic rings. The maximum absolute atomic E-state index is 11.9. The van der Waals surface area contributed by atoms with Crippen LogP contribution >= 0.6 is 0 Å². The van der Waals surface area contributed by atoms with Crippen molar-refractivity contribution in [2.75, 3.05) is 11.9 Å². The molecule has 82 valence electrons. The van der Waals surface area contributed by atoms with E-state index < -0.39 is 0 Å². The van der Waals surface area contributed by atoms with Gasteiger partial charge in [-0.15, -0.1) is 6.42 Å². The number of terminal acetylenes is 1. The van der Waals surface area contributed by atoms with E-state index in [4.69, 9.17) is 6.42 Å². The van der Waals surface area contributed by atoms with E-state index in [1.165, 1.54) is 0 Å². The quantitative estimate of drug-likeness (QED) is 0.729. The summed E-state index contributed by atoms with van der Waals surface area (Å²) in [6.45, 7) is 2.44. The standard InChI is InChI=1S/C13H14N2O/c1-3-9(2)15-13(16)11-8-14-12-7-5-4-6-10(11)12/h1,4-7,9,11,14H,8H2,2H3,(H,15,16). The Morgan fingerprint density at radius 1 is 1.62 bits per heavy atom. The molecule has 16 heavy (non-hydrogen) atoms. The fourth-order valence-corrected chi connectivity index (χ4v) is 1.87. The molecule has 0 aromatic heterocycles. The van der Waals surface area contributed by atoms with Crippen molar-refractivity contribution in [2.45, 2.75) is 18.9 Å². The Bertz CT molecular complexity index is 447. The highest BCUT2D eigenvalue weighted by Crippen LogP contribution is 2.30. The van der Waals surface area contributed by atoms with Crippen LogP contribution in [0.5, 0.6) is 0 Å². The minimum atomic E-state index is -0.222. The smallest absolute Gasteiger partial charge is 0.230 e. The fraction of sp³-hybridized carbons (Fsp3) is 0.308. The van der Waals surface area contributed by atoms with Gasteiger partial charge in [-0.05, 0) is 18.6 Å². The van der Waals surface area contributed by atoms with Crippen molar-refractivity contribution in [1.29, 1.82) is 0 Å². The van der Waals surface area contributed by atoms with Crippen LogP contribution in [0.4, 0.5) is 5.69 Å². The molecule has 1 aromatic carbocycles. The maximum Gasteiger partial charge on any atom is 0.230 e. The Morgan fingerprint density at radius 3 is 3.12 bits per heavy atom. The number of hydrogen-bond acceptors (Lipinski definition) is 2. The number of para-hydroxylation sites is 1. The number of hydrogen-bond donors (Lipinski definition) is 2. The second kappa shape index (κ2) is 4.28. The molecule has 0 aliphatic carbocycles. The highest BCUT2D eigenvalue weighted by Gasteiger charge is 2.28. The third-order valence-corrected chi connectivity index (χ3v) is 2.76. The van der Waals surface area contributed by atoms with Crippen molar-refractivity contribution in [1.82, 2.24) is 5.32 Å². The van der Waals surface area contributed by atoms with E-state index >= 15 is 0 Å². The number of amides is 1. The molecule has 0 fully saturated rings. The minimum absolute atomic E-state index is 0.0112. The summed E-state index contributed by atoms with van der Waals surface area (Å²) in [4.78, 5) is 11.9. The van der Waals surface area contributed by atoms with Crippen molar-refractivity contribution < 1.29 is 4.79 Å². The van der Waals surface area contributed by atoms with E-state index in [0.717, 1.165) is 11.3 Å². The van der Waals surface area contributed by atoms with Gasteiger partial charge in [0, 0.05) is 12.2 Å². The van der Waals surface area contributed by atoms with Crippen LogP contribution in [-0.4, -0.2) is 18.5 Å². The Balaban J connectivity index is 2.14. The summed E-state index contributed by atoms with van der Waals surface area (Å²) >= 11 is 0. The van der Waals surface area contributed by atoms with Gasteiger partial charge < -0.3 is 10.6 Å². The molecule has 2 unspecified atom stereocenters. The van der Waals surface area contributed by atoms with Gasteiger partial charge in [0.25, 0.3) is 0 Å². The third kappa shape index (κ3) is 1.87. The molecule has 1 aliphatic heterocycles. The number of carbonyl (C=O) groups is 1. The second-order valence-corrected chi connectivity index (χ2v) is 3.92. The van der Waals surface area contributed by atoms with E-state index in [2.05, 4.69) is 16.6 Å². The van der Waals surface area contributed by atoms with Crippen molar-refractivity contribution in [3.8, 4) is 12.3 Å². The molecule has 0 bridgehead atoms. The first kappa shape index (κ1) is 10.6. The van der Waals surface area contributed by atoms with Crippen molar-refractivity contribution in [3.63, 3.8) is 0 Å². The lowest BCUT2D eigenvalue weighted by Gasteiger charge is -2.13. The molecule has 2 N–H and O–H groups in total. The molecular weight excluding hydrogens is 200 g/mol. The summed E-state index contributed by atoms with van der Waals surface area (Å²) in [5, 5.41) is 6.01. The molecular formula is C13H14N2O. The number of fused-ring (bicyclic) bond motifs is 1. The molecule has 2 atom stereocenters. The summed E-state index contributed by atoms with van der Waals surface area (Å²) in [5.74, 6) is 2.35. The molecule has 0 saturated carbocycles. The van der Waals surface area contributed by atoms with Gasteiger partial charge >= 0.3 is 0 Å². The highest BCUT2D eigenvalue weighted by atomic mass is 16.2. The van der Waals surface area contributed by atoms with Gasteiger partial charge in [-0.25, -0.2) is 0 Å². The zero-order valence-corrected chi connectivity index (χ0v) is 9.16. The van der Waals surface area contributed by atoms with Crippen molar-refractivity contribution in [3.05, 3.63) is 29.8 Å². The van der Waals surface area contributed by atoms with Gasteiger partial charge in [-0.2, -0.15) is 0 Å². The van der Waals surface area contributed by atoms with Gasteiger partial charge in [-0.1, -0.05) is 24.1 Å². The number of nitrogens with one attached hydrogen (secondary N) is 2. The van der Waals surface area contributed by atoms with Crippen LogP contribution in [0.2, 0.25) is 0 Å². The van der Waals surface area contributed by atoms with Crippen LogP contribution in [0.1, 0.15) is 18.4 Å². The first-order chi connectivity index (χ1) is 7.72. The summed E-state index contributed by atoms with van der Waals surface area (Å²) in [7, 11) is 0. The van der Waals surface area contributed by atoms with E-state index in [0.29, 0.717) is 6.54 Å². The van der Waals surface area contributed by atoms with Gasteiger partial charge in [-0.3, -0.25) is 4.79 Å². The van der Waals surface area contributed by atoms with Gasteiger partial charge in [0.1, 0.15) is 0 Å². The SMILES string of the molecule is C#CC(C)NC(=O)C1CNc2ccccc21. The third-order valence-electron chi connectivity index (χ3n) is 2.76. The first-order valence-electron chi connectivity index (χ1n) is 5.31. The van der Waals surface area contributed by atoms with Crippen LogP contribution in [-0.2, 0) is 4.79 Å². The second-order valence-electron chi connectivity index (χ2n) is 3.92. The average Bonchev–Trinajstić information content (AvgIpc) is 2.72. The summed E-state index contributed by atoms with van der Waals surface area (Å²) in [5.41, 5.74) is 2.08. The van der Waals surface area contributed by atoms with E-state index in [-0.39, 0.29) is 17.9 Å². The van der Waals surface area contributed by atoms with Crippen LogP contribution in [0.3, 0.4) is 0 Å². The zero-order valence-electron chi connectivity index (χ0n) is 9.16. The predicted molar refractivity (Wildman–Crippen MR) is 64.1 cm³/mol. The highest BCUT2D eigenvalue weighted by molar-refractivity contribution is 5.88. The first-order valence-corrected chi connectivity index (χ1v) is 5.31. The minimum Gasteiger partial charge on any atom is -0.384 e. The molecule has 3 nitrogen and oxygen atoms in total. The van der Waals surface area contributed by atoms with Crippen LogP contribution < -0.4 is 10.6 Å². The Kier molecular flexibility index (Phi) is 2.82. The number of rotatable bonds is 2. The molecule has 1 aromatic rings. The molecule has 1 heterocycles. The fourth-order valence-electron chi connectivity index (χ4n) is 1.87. The molecule has 0 radical (unpaired) electrons. The lowest BCUT2D eigenvalue weighted by Crippen LogP contribution is -2.36. The van der Waals surface area contributed by atoms with Crippen LogP contribution in [0.15, 0.2) is 24.3 Å². The van der Waals surface area contributed by atoms with Crippen LogP contribution in [0, 0.1) is 12.3 Å². The van der Waals surface area contributed by atoms with E-state index in [9.17, 15) is 4.79 Å². The number of carbonyl (C=O) groups excluding carboxylic acids is 1. The summed E-state index contributed by atoms with van der Waals surface area (Å²) < 4.78 is 0. The van der Waals surface area contributed by atoms with Gasteiger partial charge in [0.2, 0.25) is 5.91 Å². The molecule has 0 spiro atoms. The molecule has 2 rings (SSSR count). The number of benzene rings is 1. The lowest BCUT2D eigenvalue weighted by atomic mass is 10.0. The average molecular weight is 214 g/mol. The van der Waals surface area contributed by atoms with Crippen molar-refractivity contribution >= 4 is 11.6 Å². The van der Waals surface area contributed by atoms with Gasteiger partial charge in [0.15, 0.2) is 0 Å². The normalized spacial score (nSPS) is 19.1. The molecule has 0 saturated heterocycles. The van der Waals surface area contributed by atoms with E-state index in [1.807, 2.05) is 24.3 Å². The summed E-state index contributed by atoms with van der Waals surface area (Å²) in [6, 6.07) is 7.63. The molecule has 1 amide bonds. The Labute approximate surface area is 95.2 Å². The Hall–Kier alpha value is -1.95. The lowest BCUT2D eigenvalue weighted by molar-refractivity contribution is -0.122. The van der Waals surface area contributed by atoms with E-state index in [1.54, 1.807) is 6.92 Å². The summed E-state index contributed by atoms with van der Waals surface area (Å²) in [6.07, 6.45) is 5.23. The number of anilines is 1. The Morgan fingerprint density at radius 2 is 2.38 bits per heavy atom. The van der Waals surface area contributed by atoms with Crippen molar-refractivity contribution in [2.24, 2.45) is 0 Å². The zero-order chi connectivity index (χ0) is 11.5.